The van der Waals surface area contributed by atoms with E-state index < -0.39 is 11.4 Å². The highest BCUT2D eigenvalue weighted by Gasteiger charge is 2.45. The van der Waals surface area contributed by atoms with Crippen LogP contribution in [0.3, 0.4) is 0 Å². The van der Waals surface area contributed by atoms with Crippen molar-refractivity contribution in [2.75, 3.05) is 6.54 Å². The summed E-state index contributed by atoms with van der Waals surface area (Å²) < 4.78 is 1.03. The molecule has 1 aliphatic carbocycles. The standard InChI is InChI=1S/C23H23N3O3S/c24-9-3-4-15-7-8-18-19(10-15)30-20(26-18)14-25-22(29)23(13-21(27)28)11-16-5-1-2-6-17(16)12-23/h1-8,10H,9,11-14,24H2,(H,25,29)(H,27,28)/b4-3+. The molecule has 0 radical (unpaired) electrons. The molecule has 0 spiro atoms. The van der Waals surface area contributed by atoms with Crippen molar-refractivity contribution in [2.24, 2.45) is 11.1 Å². The van der Waals surface area contributed by atoms with Gasteiger partial charge in [0, 0.05) is 6.54 Å². The molecule has 0 unspecified atom stereocenters. The Bertz CT molecular complexity index is 1110. The zero-order chi connectivity index (χ0) is 21.1. The van der Waals surface area contributed by atoms with Crippen LogP contribution < -0.4 is 11.1 Å². The minimum atomic E-state index is -0.962. The Morgan fingerprint density at radius 2 is 1.93 bits per heavy atom. The largest absolute Gasteiger partial charge is 0.481 e. The number of hydrogen-bond donors (Lipinski definition) is 3. The summed E-state index contributed by atoms with van der Waals surface area (Å²) in [6.07, 6.45) is 4.55. The van der Waals surface area contributed by atoms with Gasteiger partial charge in [-0.1, -0.05) is 42.5 Å². The lowest BCUT2D eigenvalue weighted by molar-refractivity contribution is -0.145. The molecule has 6 nitrogen and oxygen atoms in total. The maximum atomic E-state index is 13.1. The molecule has 1 heterocycles. The zero-order valence-corrected chi connectivity index (χ0v) is 17.2. The Kier molecular flexibility index (Phi) is 5.65. The predicted octanol–water partition coefficient (Wildman–Crippen LogP) is 3.14. The highest BCUT2D eigenvalue weighted by atomic mass is 32.1. The van der Waals surface area contributed by atoms with E-state index in [1.807, 2.05) is 54.6 Å². The molecule has 1 aromatic heterocycles. The van der Waals surface area contributed by atoms with Crippen LogP contribution in [0.15, 0.2) is 48.5 Å². The number of nitrogens with two attached hydrogens (primary N) is 1. The lowest BCUT2D eigenvalue weighted by Gasteiger charge is -2.25. The van der Waals surface area contributed by atoms with Crippen molar-refractivity contribution in [2.45, 2.75) is 25.8 Å². The van der Waals surface area contributed by atoms with Crippen molar-refractivity contribution in [1.29, 1.82) is 0 Å². The van der Waals surface area contributed by atoms with Gasteiger partial charge >= 0.3 is 5.97 Å². The first-order chi connectivity index (χ1) is 14.5. The van der Waals surface area contributed by atoms with E-state index >= 15 is 0 Å². The summed E-state index contributed by atoms with van der Waals surface area (Å²) in [5, 5.41) is 13.2. The molecular formula is C23H23N3O3S. The molecule has 30 heavy (non-hydrogen) atoms. The molecule has 0 aliphatic heterocycles. The molecule has 4 rings (SSSR count). The van der Waals surface area contributed by atoms with Crippen LogP contribution in [0.1, 0.15) is 28.1 Å². The van der Waals surface area contributed by atoms with Gasteiger partial charge in [-0.3, -0.25) is 9.59 Å². The number of benzene rings is 2. The highest BCUT2D eigenvalue weighted by molar-refractivity contribution is 7.18. The molecule has 0 saturated carbocycles. The van der Waals surface area contributed by atoms with Gasteiger partial charge in [0.25, 0.3) is 0 Å². The van der Waals surface area contributed by atoms with E-state index in [1.165, 1.54) is 11.3 Å². The smallest absolute Gasteiger partial charge is 0.304 e. The van der Waals surface area contributed by atoms with Crippen LogP contribution in [-0.2, 0) is 29.0 Å². The van der Waals surface area contributed by atoms with E-state index in [-0.39, 0.29) is 18.9 Å². The maximum Gasteiger partial charge on any atom is 0.304 e. The van der Waals surface area contributed by atoms with Crippen LogP contribution in [0.4, 0.5) is 0 Å². The molecular weight excluding hydrogens is 398 g/mol. The number of aliphatic carboxylic acids is 1. The molecule has 2 aromatic carbocycles. The molecule has 0 bridgehead atoms. The second kappa shape index (κ2) is 8.38. The van der Waals surface area contributed by atoms with Gasteiger partial charge in [-0.25, -0.2) is 4.98 Å². The van der Waals surface area contributed by atoms with Crippen LogP contribution in [-0.4, -0.2) is 28.5 Å². The zero-order valence-electron chi connectivity index (χ0n) is 16.4. The number of thiazole rings is 1. The van der Waals surface area contributed by atoms with Gasteiger partial charge in [-0.15, -0.1) is 11.3 Å². The fraction of sp³-hybridized carbons (Fsp3) is 0.261. The molecule has 154 valence electrons. The number of carbonyl (C=O) groups is 2. The molecule has 0 atom stereocenters. The molecule has 3 aromatic rings. The number of amides is 1. The van der Waals surface area contributed by atoms with E-state index in [2.05, 4.69) is 10.3 Å². The van der Waals surface area contributed by atoms with Gasteiger partial charge in [0.05, 0.1) is 28.6 Å². The molecule has 1 amide bonds. The minimum Gasteiger partial charge on any atom is -0.481 e. The van der Waals surface area contributed by atoms with Gasteiger partial charge in [-0.2, -0.15) is 0 Å². The van der Waals surface area contributed by atoms with E-state index in [1.54, 1.807) is 0 Å². The summed E-state index contributed by atoms with van der Waals surface area (Å²) in [7, 11) is 0. The van der Waals surface area contributed by atoms with E-state index in [0.29, 0.717) is 19.4 Å². The monoisotopic (exact) mass is 421 g/mol. The quantitative estimate of drug-likeness (QED) is 0.544. The van der Waals surface area contributed by atoms with Gasteiger partial charge < -0.3 is 16.2 Å². The van der Waals surface area contributed by atoms with Gasteiger partial charge in [-0.05, 0) is 41.7 Å². The number of hydrogen-bond acceptors (Lipinski definition) is 5. The summed E-state index contributed by atoms with van der Waals surface area (Å²) in [6, 6.07) is 13.8. The van der Waals surface area contributed by atoms with Crippen LogP contribution in [0.5, 0.6) is 0 Å². The lowest BCUT2D eigenvalue weighted by Crippen LogP contribution is -2.43. The van der Waals surface area contributed by atoms with Crippen molar-refractivity contribution >= 4 is 39.5 Å². The van der Waals surface area contributed by atoms with E-state index in [9.17, 15) is 14.7 Å². The second-order valence-corrected chi connectivity index (χ2v) is 8.74. The Balaban J connectivity index is 1.50. The van der Waals surface area contributed by atoms with Crippen LogP contribution in [0.25, 0.3) is 16.3 Å². The first kappa shape index (κ1) is 20.3. The second-order valence-electron chi connectivity index (χ2n) is 7.63. The summed E-state index contributed by atoms with van der Waals surface area (Å²) in [4.78, 5) is 29.2. The van der Waals surface area contributed by atoms with E-state index in [4.69, 9.17) is 5.73 Å². The first-order valence-electron chi connectivity index (χ1n) is 9.82. The summed E-state index contributed by atoms with van der Waals surface area (Å²) in [5.74, 6) is -1.19. The molecule has 4 N–H and O–H groups in total. The average Bonchev–Trinajstić information content (AvgIpc) is 3.30. The van der Waals surface area contributed by atoms with E-state index in [0.717, 1.165) is 31.9 Å². The topological polar surface area (TPSA) is 105 Å². The normalized spacial score (nSPS) is 14.8. The van der Waals surface area contributed by atoms with Gasteiger partial charge in [0.2, 0.25) is 5.91 Å². The third-order valence-corrected chi connectivity index (χ3v) is 6.47. The third-order valence-electron chi connectivity index (χ3n) is 5.45. The fourth-order valence-electron chi connectivity index (χ4n) is 4.07. The van der Waals surface area contributed by atoms with Crippen molar-refractivity contribution in [3.05, 3.63) is 70.2 Å². The Hall–Kier alpha value is -3.03. The maximum absolute atomic E-state index is 13.1. The number of carboxylic acids is 1. The molecule has 0 fully saturated rings. The number of carboxylic acid groups (broad SMARTS) is 1. The Morgan fingerprint density at radius 3 is 2.60 bits per heavy atom. The number of aromatic nitrogens is 1. The Labute approximate surface area is 178 Å². The number of nitrogens with one attached hydrogen (secondary N) is 1. The lowest BCUT2D eigenvalue weighted by atomic mass is 9.80. The van der Waals surface area contributed by atoms with Crippen molar-refractivity contribution in [1.82, 2.24) is 10.3 Å². The summed E-state index contributed by atoms with van der Waals surface area (Å²) >= 11 is 1.52. The molecule has 1 aliphatic rings. The number of carbonyl (C=O) groups excluding carboxylic acids is 1. The molecule has 0 saturated heterocycles. The number of fused-ring (bicyclic) bond motifs is 2. The van der Waals surface area contributed by atoms with Crippen molar-refractivity contribution < 1.29 is 14.7 Å². The minimum absolute atomic E-state index is 0.190. The van der Waals surface area contributed by atoms with Crippen molar-refractivity contribution in [3.63, 3.8) is 0 Å². The van der Waals surface area contributed by atoms with Crippen molar-refractivity contribution in [3.8, 4) is 0 Å². The van der Waals surface area contributed by atoms with Gasteiger partial charge in [0.15, 0.2) is 0 Å². The van der Waals surface area contributed by atoms with Crippen LogP contribution >= 0.6 is 11.3 Å². The predicted molar refractivity (Wildman–Crippen MR) is 118 cm³/mol. The summed E-state index contributed by atoms with van der Waals surface area (Å²) in [6.45, 7) is 0.768. The Morgan fingerprint density at radius 1 is 1.20 bits per heavy atom. The van der Waals surface area contributed by atoms with Crippen LogP contribution in [0, 0.1) is 5.41 Å². The summed E-state index contributed by atoms with van der Waals surface area (Å²) in [5.41, 5.74) is 8.58. The highest BCUT2D eigenvalue weighted by Crippen LogP contribution is 2.40. The first-order valence-corrected chi connectivity index (χ1v) is 10.6. The average molecular weight is 422 g/mol. The SMILES string of the molecule is NC/C=C/c1ccc2nc(CNC(=O)C3(CC(=O)O)Cc4ccccc4C3)sc2c1. The third kappa shape index (κ3) is 4.13. The van der Waals surface area contributed by atoms with Gasteiger partial charge in [0.1, 0.15) is 5.01 Å². The molecule has 7 heteroatoms. The number of rotatable bonds is 7. The number of nitrogens with zero attached hydrogens (tertiary/aromatic N) is 1. The van der Waals surface area contributed by atoms with Crippen LogP contribution in [0.2, 0.25) is 0 Å². The fourth-order valence-corrected chi connectivity index (χ4v) is 5.02.